The molecule has 0 bridgehead atoms. The molecule has 0 rings (SSSR count). The van der Waals surface area contributed by atoms with E-state index in [1.807, 2.05) is 0 Å². The Kier molecular flexibility index (Phi) is 6.74. The minimum atomic E-state index is -0.309. The van der Waals surface area contributed by atoms with E-state index in [0.29, 0.717) is 19.6 Å². The number of amides is 1. The Morgan fingerprint density at radius 2 is 1.86 bits per heavy atom. The highest BCUT2D eigenvalue weighted by molar-refractivity contribution is 5.77. The van der Waals surface area contributed by atoms with Crippen molar-refractivity contribution in [3.8, 4) is 0 Å². The number of ether oxygens (including phenoxy) is 2. The number of hydrogen-bond donors (Lipinski definition) is 0. The average molecular weight is 203 g/mol. The van der Waals surface area contributed by atoms with Crippen LogP contribution in [0, 0.1) is 0 Å². The Balaban J connectivity index is 3.66. The number of carbonyl (C=O) groups is 2. The number of carbonyl (C=O) groups excluding carboxylic acids is 2. The molecule has 0 spiro atoms. The van der Waals surface area contributed by atoms with Crippen molar-refractivity contribution in [2.75, 3.05) is 34.4 Å². The zero-order chi connectivity index (χ0) is 11.0. The third kappa shape index (κ3) is 5.53. The van der Waals surface area contributed by atoms with Crippen molar-refractivity contribution in [1.82, 2.24) is 4.90 Å². The second kappa shape index (κ2) is 7.32. The summed E-state index contributed by atoms with van der Waals surface area (Å²) in [6, 6.07) is 0. The van der Waals surface area contributed by atoms with Crippen LogP contribution in [0.3, 0.4) is 0 Å². The molecule has 0 aromatic rings. The second-order valence-corrected chi connectivity index (χ2v) is 2.88. The van der Waals surface area contributed by atoms with Crippen molar-refractivity contribution >= 4 is 11.9 Å². The molecule has 0 N–H and O–H groups in total. The van der Waals surface area contributed by atoms with Crippen LogP contribution < -0.4 is 0 Å². The fraction of sp³-hybridized carbons (Fsp3) is 0.778. The Morgan fingerprint density at radius 3 is 2.36 bits per heavy atom. The van der Waals surface area contributed by atoms with E-state index < -0.39 is 0 Å². The van der Waals surface area contributed by atoms with E-state index in [2.05, 4.69) is 4.74 Å². The minimum absolute atomic E-state index is 0.0317. The molecule has 0 saturated carbocycles. The van der Waals surface area contributed by atoms with Crippen molar-refractivity contribution in [2.24, 2.45) is 0 Å². The fourth-order valence-electron chi connectivity index (χ4n) is 0.866. The van der Waals surface area contributed by atoms with Gasteiger partial charge >= 0.3 is 5.97 Å². The Hall–Kier alpha value is -1.10. The van der Waals surface area contributed by atoms with E-state index in [0.717, 1.165) is 0 Å². The first kappa shape index (κ1) is 12.9. The van der Waals surface area contributed by atoms with E-state index in [4.69, 9.17) is 4.74 Å². The van der Waals surface area contributed by atoms with Gasteiger partial charge in [0.2, 0.25) is 5.91 Å². The second-order valence-electron chi connectivity index (χ2n) is 2.88. The fourth-order valence-corrected chi connectivity index (χ4v) is 0.866. The van der Waals surface area contributed by atoms with Gasteiger partial charge in [-0.05, 0) is 0 Å². The monoisotopic (exact) mass is 203 g/mol. The molecular formula is C9H17NO4. The zero-order valence-corrected chi connectivity index (χ0v) is 8.91. The summed E-state index contributed by atoms with van der Waals surface area (Å²) in [5.41, 5.74) is 0. The lowest BCUT2D eigenvalue weighted by Crippen LogP contribution is -2.29. The molecule has 0 aliphatic rings. The molecule has 14 heavy (non-hydrogen) atoms. The summed E-state index contributed by atoms with van der Waals surface area (Å²) >= 11 is 0. The highest BCUT2D eigenvalue weighted by Gasteiger charge is 2.09. The van der Waals surface area contributed by atoms with E-state index in [9.17, 15) is 9.59 Å². The number of hydrogen-bond acceptors (Lipinski definition) is 4. The number of esters is 1. The first-order valence-electron chi connectivity index (χ1n) is 4.41. The highest BCUT2D eigenvalue weighted by Crippen LogP contribution is 1.94. The SMILES string of the molecule is COCCC(=O)N(C)CCC(=O)OC. The predicted molar refractivity (Wildman–Crippen MR) is 50.8 cm³/mol. The summed E-state index contributed by atoms with van der Waals surface area (Å²) < 4.78 is 9.23. The van der Waals surface area contributed by atoms with Gasteiger partial charge in [0.15, 0.2) is 0 Å². The van der Waals surface area contributed by atoms with Gasteiger partial charge in [0.25, 0.3) is 0 Å². The lowest BCUT2D eigenvalue weighted by atomic mass is 10.3. The Bertz CT molecular complexity index is 193. The lowest BCUT2D eigenvalue weighted by Gasteiger charge is -2.15. The van der Waals surface area contributed by atoms with Crippen molar-refractivity contribution < 1.29 is 19.1 Å². The first-order chi connectivity index (χ1) is 6.61. The summed E-state index contributed by atoms with van der Waals surface area (Å²) in [7, 11) is 4.53. The summed E-state index contributed by atoms with van der Waals surface area (Å²) in [4.78, 5) is 23.6. The molecule has 82 valence electrons. The Labute approximate surface area is 84.0 Å². The van der Waals surface area contributed by atoms with Crippen LogP contribution in [-0.2, 0) is 19.1 Å². The molecule has 0 atom stereocenters. The quantitative estimate of drug-likeness (QED) is 0.572. The molecule has 0 heterocycles. The topological polar surface area (TPSA) is 55.8 Å². The van der Waals surface area contributed by atoms with Gasteiger partial charge in [-0.3, -0.25) is 9.59 Å². The average Bonchev–Trinajstić information content (AvgIpc) is 2.21. The maximum Gasteiger partial charge on any atom is 0.307 e. The summed E-state index contributed by atoms with van der Waals surface area (Å²) in [6.45, 7) is 0.788. The smallest absolute Gasteiger partial charge is 0.307 e. The molecule has 0 aliphatic carbocycles. The van der Waals surface area contributed by atoms with E-state index in [1.165, 1.54) is 12.0 Å². The standard InChI is InChI=1S/C9H17NO4/c1-10(6-4-9(12)14-3)8(11)5-7-13-2/h4-7H2,1-3H3. The maximum atomic E-state index is 11.3. The normalized spacial score (nSPS) is 9.64. The summed E-state index contributed by atoms with van der Waals surface area (Å²) in [5.74, 6) is -0.341. The molecular weight excluding hydrogens is 186 g/mol. The summed E-state index contributed by atoms with van der Waals surface area (Å²) in [6.07, 6.45) is 0.569. The van der Waals surface area contributed by atoms with Crippen molar-refractivity contribution in [3.63, 3.8) is 0 Å². The van der Waals surface area contributed by atoms with Gasteiger partial charge in [-0.25, -0.2) is 0 Å². The van der Waals surface area contributed by atoms with Gasteiger partial charge in [-0.1, -0.05) is 0 Å². The van der Waals surface area contributed by atoms with E-state index in [-0.39, 0.29) is 18.3 Å². The molecule has 0 aromatic heterocycles. The van der Waals surface area contributed by atoms with Crippen molar-refractivity contribution in [2.45, 2.75) is 12.8 Å². The predicted octanol–water partition coefficient (Wildman–Crippen LogP) is 0.0444. The van der Waals surface area contributed by atoms with Gasteiger partial charge in [0, 0.05) is 20.7 Å². The zero-order valence-electron chi connectivity index (χ0n) is 8.91. The third-order valence-corrected chi connectivity index (χ3v) is 1.82. The van der Waals surface area contributed by atoms with Crippen LogP contribution in [0.4, 0.5) is 0 Å². The van der Waals surface area contributed by atoms with E-state index >= 15 is 0 Å². The van der Waals surface area contributed by atoms with E-state index in [1.54, 1.807) is 14.2 Å². The highest BCUT2D eigenvalue weighted by atomic mass is 16.5. The van der Waals surface area contributed by atoms with Crippen LogP contribution in [-0.4, -0.2) is 51.2 Å². The van der Waals surface area contributed by atoms with Crippen molar-refractivity contribution in [1.29, 1.82) is 0 Å². The lowest BCUT2D eigenvalue weighted by molar-refractivity contribution is -0.141. The number of rotatable bonds is 6. The molecule has 0 unspecified atom stereocenters. The van der Waals surface area contributed by atoms with Crippen molar-refractivity contribution in [3.05, 3.63) is 0 Å². The molecule has 0 radical (unpaired) electrons. The first-order valence-corrected chi connectivity index (χ1v) is 4.41. The molecule has 5 nitrogen and oxygen atoms in total. The molecule has 5 heteroatoms. The van der Waals surface area contributed by atoms with Gasteiger partial charge < -0.3 is 14.4 Å². The molecule has 0 fully saturated rings. The van der Waals surface area contributed by atoms with Crippen LogP contribution in [0.15, 0.2) is 0 Å². The molecule has 0 aliphatic heterocycles. The summed E-state index contributed by atoms with van der Waals surface area (Å²) in [5, 5.41) is 0. The molecule has 0 aromatic carbocycles. The largest absolute Gasteiger partial charge is 0.469 e. The molecule has 0 saturated heterocycles. The minimum Gasteiger partial charge on any atom is -0.469 e. The van der Waals surface area contributed by atoms with Crippen LogP contribution in [0.25, 0.3) is 0 Å². The molecule has 1 amide bonds. The maximum absolute atomic E-state index is 11.3. The van der Waals surface area contributed by atoms with Gasteiger partial charge in [0.1, 0.15) is 0 Å². The third-order valence-electron chi connectivity index (χ3n) is 1.82. The van der Waals surface area contributed by atoms with Crippen LogP contribution in [0.5, 0.6) is 0 Å². The number of methoxy groups -OCH3 is 2. The Morgan fingerprint density at radius 1 is 1.21 bits per heavy atom. The van der Waals surface area contributed by atoms with Gasteiger partial charge in [-0.2, -0.15) is 0 Å². The van der Waals surface area contributed by atoms with Gasteiger partial charge in [0.05, 0.1) is 26.6 Å². The van der Waals surface area contributed by atoms with Crippen LogP contribution in [0.2, 0.25) is 0 Å². The number of nitrogens with zero attached hydrogens (tertiary/aromatic N) is 1. The van der Waals surface area contributed by atoms with Crippen LogP contribution >= 0.6 is 0 Å². The van der Waals surface area contributed by atoms with Crippen LogP contribution in [0.1, 0.15) is 12.8 Å². The van der Waals surface area contributed by atoms with Gasteiger partial charge in [-0.15, -0.1) is 0 Å².